The number of rotatable bonds is 5. The summed E-state index contributed by atoms with van der Waals surface area (Å²) in [5, 5.41) is 3.42. The highest BCUT2D eigenvalue weighted by atomic mass is 79.9. The van der Waals surface area contributed by atoms with Gasteiger partial charge in [0.1, 0.15) is 0 Å². The lowest BCUT2D eigenvalue weighted by molar-refractivity contribution is -0.120. The highest BCUT2D eigenvalue weighted by molar-refractivity contribution is 9.09. The van der Waals surface area contributed by atoms with Crippen LogP contribution in [0.1, 0.15) is 22.3 Å². The zero-order valence-corrected chi connectivity index (χ0v) is 10.3. The molecule has 16 heavy (non-hydrogen) atoms. The fourth-order valence-corrected chi connectivity index (χ4v) is 1.52. The van der Waals surface area contributed by atoms with Crippen LogP contribution in [0.5, 0.6) is 0 Å². The van der Waals surface area contributed by atoms with Gasteiger partial charge in [-0.25, -0.2) is 0 Å². The molecule has 5 heteroatoms. The first-order valence-electron chi connectivity index (χ1n) is 4.85. The second-order valence-corrected chi connectivity index (χ2v) is 4.07. The van der Waals surface area contributed by atoms with Gasteiger partial charge in [0.05, 0.1) is 0 Å². The predicted octanol–water partition coefficient (Wildman–Crippen LogP) is 1.19. The van der Waals surface area contributed by atoms with Crippen LogP contribution in [0.4, 0.5) is 0 Å². The van der Waals surface area contributed by atoms with E-state index in [1.165, 1.54) is 0 Å². The van der Waals surface area contributed by atoms with E-state index in [1.54, 1.807) is 24.3 Å². The van der Waals surface area contributed by atoms with E-state index >= 15 is 0 Å². The molecule has 0 heterocycles. The number of primary amides is 1. The van der Waals surface area contributed by atoms with Crippen LogP contribution in [0, 0.1) is 0 Å². The molecule has 86 valence electrons. The Morgan fingerprint density at radius 3 is 2.38 bits per heavy atom. The fraction of sp³-hybridized carbons (Fsp3) is 0.273. The van der Waals surface area contributed by atoms with Gasteiger partial charge in [-0.05, 0) is 17.7 Å². The van der Waals surface area contributed by atoms with Crippen molar-refractivity contribution >= 4 is 27.7 Å². The molecule has 4 nitrogen and oxygen atoms in total. The van der Waals surface area contributed by atoms with Gasteiger partial charge in [0.15, 0.2) is 0 Å². The number of benzene rings is 1. The molecule has 1 aromatic rings. The van der Waals surface area contributed by atoms with Crippen molar-refractivity contribution in [1.82, 2.24) is 5.32 Å². The Labute approximate surface area is 102 Å². The second-order valence-electron chi connectivity index (χ2n) is 3.28. The number of carbonyl (C=O) groups excluding carboxylic acids is 2. The van der Waals surface area contributed by atoms with Crippen molar-refractivity contribution in [2.24, 2.45) is 5.73 Å². The third-order valence-electron chi connectivity index (χ3n) is 2.05. The second kappa shape index (κ2) is 6.27. The number of alkyl halides is 1. The number of halogens is 1. The van der Waals surface area contributed by atoms with Crippen molar-refractivity contribution in [1.29, 1.82) is 0 Å². The molecule has 0 atom stereocenters. The molecule has 0 fully saturated rings. The molecule has 0 unspecified atom stereocenters. The predicted molar refractivity (Wildman–Crippen MR) is 65.2 cm³/mol. The van der Waals surface area contributed by atoms with Gasteiger partial charge >= 0.3 is 0 Å². The molecule has 3 N–H and O–H groups in total. The van der Waals surface area contributed by atoms with E-state index in [9.17, 15) is 9.59 Å². The summed E-state index contributed by atoms with van der Waals surface area (Å²) in [6, 6.07) is 6.84. The van der Waals surface area contributed by atoms with Crippen LogP contribution in [0.25, 0.3) is 0 Å². The van der Waals surface area contributed by atoms with Crippen molar-refractivity contribution in [2.75, 3.05) is 5.33 Å². The summed E-state index contributed by atoms with van der Waals surface area (Å²) in [4.78, 5) is 22.0. The van der Waals surface area contributed by atoms with Gasteiger partial charge in [0, 0.05) is 23.9 Å². The lowest BCUT2D eigenvalue weighted by atomic mass is 10.1. The Balaban J connectivity index is 2.49. The smallest absolute Gasteiger partial charge is 0.248 e. The monoisotopic (exact) mass is 284 g/mol. The van der Waals surface area contributed by atoms with Gasteiger partial charge in [0.25, 0.3) is 0 Å². The Kier molecular flexibility index (Phi) is 4.98. The average molecular weight is 285 g/mol. The molecule has 1 rings (SSSR count). The molecule has 0 aromatic heterocycles. The SMILES string of the molecule is NC(=O)c1ccc(CNC(=O)CCBr)cc1. The fourth-order valence-electron chi connectivity index (χ4n) is 1.16. The maximum absolute atomic E-state index is 11.2. The van der Waals surface area contributed by atoms with Gasteiger partial charge in [-0.15, -0.1) is 0 Å². The van der Waals surface area contributed by atoms with E-state index in [0.29, 0.717) is 23.9 Å². The van der Waals surface area contributed by atoms with Crippen molar-refractivity contribution in [2.45, 2.75) is 13.0 Å². The summed E-state index contributed by atoms with van der Waals surface area (Å²) in [6.07, 6.45) is 0.458. The molecular weight excluding hydrogens is 272 g/mol. The molecular formula is C11H13BrN2O2. The van der Waals surface area contributed by atoms with Gasteiger partial charge in [-0.3, -0.25) is 9.59 Å². The summed E-state index contributed by atoms with van der Waals surface area (Å²) in [6.45, 7) is 0.463. The number of nitrogens with two attached hydrogens (primary N) is 1. The molecule has 0 aliphatic rings. The summed E-state index contributed by atoms with van der Waals surface area (Å²) < 4.78 is 0. The summed E-state index contributed by atoms with van der Waals surface area (Å²) in [5.41, 5.74) is 6.52. The van der Waals surface area contributed by atoms with E-state index in [4.69, 9.17) is 5.73 Å². The van der Waals surface area contributed by atoms with Crippen molar-refractivity contribution in [3.8, 4) is 0 Å². The highest BCUT2D eigenvalue weighted by Crippen LogP contribution is 2.03. The van der Waals surface area contributed by atoms with Gasteiger partial charge in [-0.2, -0.15) is 0 Å². The van der Waals surface area contributed by atoms with Crippen LogP contribution < -0.4 is 11.1 Å². The minimum absolute atomic E-state index is 0.00384. The Bertz CT molecular complexity index is 376. The molecule has 1 aromatic carbocycles. The van der Waals surface area contributed by atoms with Crippen LogP contribution in [0.2, 0.25) is 0 Å². The first kappa shape index (κ1) is 12.7. The summed E-state index contributed by atoms with van der Waals surface area (Å²) in [7, 11) is 0. The first-order chi connectivity index (χ1) is 7.63. The third kappa shape index (κ3) is 4.02. The standard InChI is InChI=1S/C11H13BrN2O2/c12-6-5-10(15)14-7-8-1-3-9(4-2-8)11(13)16/h1-4H,5-7H2,(H2,13,16)(H,14,15). The number of hydrogen-bond acceptors (Lipinski definition) is 2. The number of carbonyl (C=O) groups is 2. The van der Waals surface area contributed by atoms with Gasteiger partial charge in [-0.1, -0.05) is 28.1 Å². The van der Waals surface area contributed by atoms with E-state index in [2.05, 4.69) is 21.2 Å². The summed E-state index contributed by atoms with van der Waals surface area (Å²) >= 11 is 3.19. The lowest BCUT2D eigenvalue weighted by Gasteiger charge is -2.04. The van der Waals surface area contributed by atoms with E-state index < -0.39 is 5.91 Å². The van der Waals surface area contributed by atoms with E-state index in [1.807, 2.05) is 0 Å². The number of amides is 2. The minimum atomic E-state index is -0.449. The van der Waals surface area contributed by atoms with Crippen LogP contribution in [-0.4, -0.2) is 17.1 Å². The van der Waals surface area contributed by atoms with Gasteiger partial charge in [0.2, 0.25) is 11.8 Å². The molecule has 0 spiro atoms. The molecule has 0 saturated heterocycles. The topological polar surface area (TPSA) is 72.2 Å². The number of hydrogen-bond donors (Lipinski definition) is 2. The summed E-state index contributed by atoms with van der Waals surface area (Å²) in [5.74, 6) is -0.453. The van der Waals surface area contributed by atoms with E-state index in [-0.39, 0.29) is 5.91 Å². The molecule has 2 amide bonds. The quantitative estimate of drug-likeness (QED) is 0.797. The Morgan fingerprint density at radius 2 is 1.88 bits per heavy atom. The van der Waals surface area contributed by atoms with Crippen molar-refractivity contribution < 1.29 is 9.59 Å². The minimum Gasteiger partial charge on any atom is -0.366 e. The maximum Gasteiger partial charge on any atom is 0.248 e. The third-order valence-corrected chi connectivity index (χ3v) is 2.45. The van der Waals surface area contributed by atoms with Crippen LogP contribution in [-0.2, 0) is 11.3 Å². The zero-order valence-electron chi connectivity index (χ0n) is 8.70. The molecule has 0 aliphatic heterocycles. The van der Waals surface area contributed by atoms with E-state index in [0.717, 1.165) is 5.56 Å². The highest BCUT2D eigenvalue weighted by Gasteiger charge is 2.01. The molecule has 0 bridgehead atoms. The zero-order chi connectivity index (χ0) is 12.0. The lowest BCUT2D eigenvalue weighted by Crippen LogP contribution is -2.22. The first-order valence-corrected chi connectivity index (χ1v) is 5.97. The van der Waals surface area contributed by atoms with Crippen molar-refractivity contribution in [3.63, 3.8) is 0 Å². The van der Waals surface area contributed by atoms with Crippen LogP contribution in [0.3, 0.4) is 0 Å². The average Bonchev–Trinajstić information content (AvgIpc) is 2.27. The van der Waals surface area contributed by atoms with Gasteiger partial charge < -0.3 is 11.1 Å². The Hall–Kier alpha value is -1.36. The largest absolute Gasteiger partial charge is 0.366 e. The normalized spacial score (nSPS) is 9.81. The van der Waals surface area contributed by atoms with Crippen molar-refractivity contribution in [3.05, 3.63) is 35.4 Å². The maximum atomic E-state index is 11.2. The number of nitrogens with one attached hydrogen (secondary N) is 1. The van der Waals surface area contributed by atoms with Crippen LogP contribution in [0.15, 0.2) is 24.3 Å². The Morgan fingerprint density at radius 1 is 1.25 bits per heavy atom. The molecule has 0 saturated carbocycles. The van der Waals surface area contributed by atoms with Crippen LogP contribution >= 0.6 is 15.9 Å². The molecule has 0 radical (unpaired) electrons. The molecule has 0 aliphatic carbocycles.